The average Bonchev–Trinajstić information content (AvgIpc) is 2.95. The van der Waals surface area contributed by atoms with E-state index in [9.17, 15) is 44.9 Å². The number of ether oxygens (including phenoxy) is 1. The van der Waals surface area contributed by atoms with Crippen molar-refractivity contribution in [3.8, 4) is 0 Å². The van der Waals surface area contributed by atoms with Gasteiger partial charge in [0.15, 0.2) is 0 Å². The number of esters is 1. The number of phosphoric ester groups is 1. The van der Waals surface area contributed by atoms with Crippen LogP contribution in [0.5, 0.6) is 0 Å². The van der Waals surface area contributed by atoms with E-state index in [-0.39, 0.29) is 6.42 Å². The van der Waals surface area contributed by atoms with Gasteiger partial charge in [-0.1, -0.05) is 69.8 Å². The molecule has 1 saturated carbocycles. The Morgan fingerprint density at radius 2 is 1.27 bits per heavy atom. The van der Waals surface area contributed by atoms with Crippen LogP contribution in [0.1, 0.15) is 90.4 Å². The Morgan fingerprint density at radius 1 is 0.756 bits per heavy atom. The van der Waals surface area contributed by atoms with Crippen molar-refractivity contribution in [1.29, 1.82) is 0 Å². The molecule has 0 radical (unpaired) electrons. The second-order valence-electron chi connectivity index (χ2n) is 10.5. The summed E-state index contributed by atoms with van der Waals surface area (Å²) >= 11 is 0. The maximum absolute atomic E-state index is 12.1. The maximum atomic E-state index is 12.1. The molecule has 7 N–H and O–H groups in total. The highest BCUT2D eigenvalue weighted by Gasteiger charge is 2.51. The van der Waals surface area contributed by atoms with Crippen LogP contribution in [-0.2, 0) is 23.1 Å². The lowest BCUT2D eigenvalue weighted by Crippen LogP contribution is -2.64. The fourth-order valence-corrected chi connectivity index (χ4v) is 5.23. The number of aliphatic hydroxyl groups is 6. The van der Waals surface area contributed by atoms with Crippen LogP contribution in [0.4, 0.5) is 0 Å². The Balaban J connectivity index is 2.09. The van der Waals surface area contributed by atoms with Crippen LogP contribution in [0, 0.1) is 0 Å². The van der Waals surface area contributed by atoms with Crippen LogP contribution in [-0.4, -0.2) is 97.4 Å². The van der Waals surface area contributed by atoms with Gasteiger partial charge in [0, 0.05) is 6.42 Å². The molecule has 0 spiro atoms. The molecule has 1 aliphatic carbocycles. The molecule has 0 aliphatic heterocycles. The molecule has 0 saturated heterocycles. The van der Waals surface area contributed by atoms with Crippen LogP contribution in [0.2, 0.25) is 0 Å². The van der Waals surface area contributed by atoms with Crippen LogP contribution in [0.15, 0.2) is 24.3 Å². The molecular weight excluding hydrogens is 559 g/mol. The highest BCUT2D eigenvalue weighted by molar-refractivity contribution is 7.47. The zero-order valence-electron chi connectivity index (χ0n) is 24.1. The first-order valence-corrected chi connectivity index (χ1v) is 16.2. The summed E-state index contributed by atoms with van der Waals surface area (Å²) in [6.45, 7) is 0.946. The minimum atomic E-state index is -4.99. The first-order valence-electron chi connectivity index (χ1n) is 14.7. The van der Waals surface area contributed by atoms with Gasteiger partial charge < -0.3 is 40.3 Å². The van der Waals surface area contributed by atoms with Crippen molar-refractivity contribution in [3.05, 3.63) is 24.3 Å². The van der Waals surface area contributed by atoms with Gasteiger partial charge in [-0.3, -0.25) is 13.8 Å². The van der Waals surface area contributed by atoms with Gasteiger partial charge in [0.05, 0.1) is 6.61 Å². The van der Waals surface area contributed by atoms with Crippen molar-refractivity contribution < 1.29 is 58.7 Å². The molecule has 1 aliphatic rings. The predicted molar refractivity (Wildman–Crippen MR) is 152 cm³/mol. The lowest BCUT2D eigenvalue weighted by Gasteiger charge is -2.41. The normalized spacial score (nSPS) is 27.3. The Kier molecular flexibility index (Phi) is 19.8. The predicted octanol–water partition coefficient (Wildman–Crippen LogP) is 2.41. The van der Waals surface area contributed by atoms with Crippen molar-refractivity contribution in [2.45, 2.75) is 133 Å². The number of unbranched alkanes of at least 4 members (excludes halogenated alkanes) is 9. The summed E-state index contributed by atoms with van der Waals surface area (Å²) in [4.78, 5) is 21.7. The monoisotopic (exact) mass is 610 g/mol. The Hall–Kier alpha value is -1.18. The van der Waals surface area contributed by atoms with Gasteiger partial charge >= 0.3 is 13.8 Å². The second-order valence-corrected chi connectivity index (χ2v) is 11.9. The van der Waals surface area contributed by atoms with Gasteiger partial charge in [-0.15, -0.1) is 0 Å². The third-order valence-electron chi connectivity index (χ3n) is 6.78. The average molecular weight is 611 g/mol. The van der Waals surface area contributed by atoms with Gasteiger partial charge in [0.2, 0.25) is 0 Å². The summed E-state index contributed by atoms with van der Waals surface area (Å²) in [5, 5.41) is 58.5. The van der Waals surface area contributed by atoms with E-state index in [4.69, 9.17) is 4.74 Å². The molecule has 0 bridgehead atoms. The molecule has 6 atom stereocenters. The summed E-state index contributed by atoms with van der Waals surface area (Å²) in [5.41, 5.74) is 0. The third kappa shape index (κ3) is 16.3. The number of aliphatic hydroxyl groups excluding tert-OH is 6. The van der Waals surface area contributed by atoms with Gasteiger partial charge in [-0.25, -0.2) is 4.57 Å². The molecule has 13 heteroatoms. The Bertz CT molecular complexity index is 791. The SMILES string of the molecule is CCCCCC/C=C\C/C=C\CCCCCCCC(=O)OCC(O)COP(=O)(O)OC1C(O)C(O)C(O)C(O)C1O. The molecule has 0 heterocycles. The third-order valence-corrected chi connectivity index (χ3v) is 7.76. The van der Waals surface area contributed by atoms with Crippen LogP contribution >= 0.6 is 7.82 Å². The quantitative estimate of drug-likeness (QED) is 0.0409. The number of rotatable bonds is 22. The number of phosphoric acid groups is 1. The van der Waals surface area contributed by atoms with Crippen molar-refractivity contribution >= 4 is 13.8 Å². The number of carbonyl (C=O) groups excluding carboxylic acids is 1. The molecule has 12 nitrogen and oxygen atoms in total. The van der Waals surface area contributed by atoms with Gasteiger partial charge in [-0.2, -0.15) is 0 Å². The second kappa shape index (κ2) is 21.5. The molecule has 240 valence electrons. The fraction of sp³-hybridized carbons (Fsp3) is 0.821. The van der Waals surface area contributed by atoms with Gasteiger partial charge in [0.1, 0.15) is 49.3 Å². The lowest BCUT2D eigenvalue weighted by molar-refractivity contribution is -0.220. The van der Waals surface area contributed by atoms with E-state index in [2.05, 4.69) is 40.3 Å². The summed E-state index contributed by atoms with van der Waals surface area (Å²) in [7, 11) is -4.99. The van der Waals surface area contributed by atoms with Crippen molar-refractivity contribution in [2.75, 3.05) is 13.2 Å². The van der Waals surface area contributed by atoms with Crippen LogP contribution in [0.25, 0.3) is 0 Å². The molecule has 1 fully saturated rings. The highest BCUT2D eigenvalue weighted by Crippen LogP contribution is 2.47. The summed E-state index contributed by atoms with van der Waals surface area (Å²) in [5.74, 6) is -0.524. The maximum Gasteiger partial charge on any atom is 0.472 e. The van der Waals surface area contributed by atoms with Crippen molar-refractivity contribution in [3.63, 3.8) is 0 Å². The van der Waals surface area contributed by atoms with E-state index in [1.54, 1.807) is 0 Å². The zero-order valence-corrected chi connectivity index (χ0v) is 25.0. The van der Waals surface area contributed by atoms with E-state index in [0.29, 0.717) is 6.42 Å². The lowest BCUT2D eigenvalue weighted by atomic mass is 9.85. The molecule has 0 amide bonds. The minimum absolute atomic E-state index is 0.174. The smallest absolute Gasteiger partial charge is 0.463 e. The molecule has 0 aromatic carbocycles. The van der Waals surface area contributed by atoms with Crippen LogP contribution < -0.4 is 0 Å². The van der Waals surface area contributed by atoms with Gasteiger partial charge in [0.25, 0.3) is 0 Å². The molecular formula is C28H51O12P. The first kappa shape index (κ1) is 37.8. The summed E-state index contributed by atoms with van der Waals surface area (Å²) in [6, 6.07) is 0. The van der Waals surface area contributed by atoms with Gasteiger partial charge in [-0.05, 0) is 38.5 Å². The number of hydrogen-bond acceptors (Lipinski definition) is 11. The Morgan fingerprint density at radius 3 is 1.85 bits per heavy atom. The van der Waals surface area contributed by atoms with E-state index in [1.807, 2.05) is 0 Å². The first-order chi connectivity index (χ1) is 19.5. The van der Waals surface area contributed by atoms with Crippen LogP contribution in [0.3, 0.4) is 0 Å². The van der Waals surface area contributed by atoms with Crippen molar-refractivity contribution in [2.24, 2.45) is 0 Å². The minimum Gasteiger partial charge on any atom is -0.463 e. The summed E-state index contributed by atoms with van der Waals surface area (Å²) < 4.78 is 26.3. The largest absolute Gasteiger partial charge is 0.472 e. The van der Waals surface area contributed by atoms with Crippen molar-refractivity contribution in [1.82, 2.24) is 0 Å². The summed E-state index contributed by atoms with van der Waals surface area (Å²) in [6.07, 6.45) is 8.81. The zero-order chi connectivity index (χ0) is 30.7. The standard InChI is InChI=1S/C28H51O12P/c1-2-3-4-5-6-7-8-9-10-11-12-13-14-15-16-17-18-22(30)38-19-21(29)20-39-41(36,37)40-28-26(34)24(32)23(31)25(33)27(28)35/h7-8,10-11,21,23-29,31-35H,2-6,9,12-20H2,1H3,(H,36,37)/b8-7-,11-10-. The topological polar surface area (TPSA) is 203 Å². The number of carbonyl (C=O) groups is 1. The molecule has 0 aromatic heterocycles. The molecule has 0 aromatic rings. The fourth-order valence-electron chi connectivity index (χ4n) is 4.25. The van der Waals surface area contributed by atoms with E-state index in [0.717, 1.165) is 44.9 Å². The van der Waals surface area contributed by atoms with E-state index in [1.165, 1.54) is 25.7 Å². The number of hydrogen-bond donors (Lipinski definition) is 7. The van der Waals surface area contributed by atoms with E-state index >= 15 is 0 Å². The Labute approximate surface area is 243 Å². The molecule has 6 unspecified atom stereocenters. The highest BCUT2D eigenvalue weighted by atomic mass is 31.2. The molecule has 41 heavy (non-hydrogen) atoms. The molecule has 1 rings (SSSR count). The van der Waals surface area contributed by atoms with E-state index < -0.39 is 69.7 Å². The number of allylic oxidation sites excluding steroid dienone is 4.